The van der Waals surface area contributed by atoms with E-state index in [0.29, 0.717) is 13.0 Å². The molecular weight excluding hydrogens is 354 g/mol. The molecule has 0 aliphatic carbocycles. The van der Waals surface area contributed by atoms with Crippen molar-refractivity contribution in [3.05, 3.63) is 48.2 Å². The lowest BCUT2D eigenvalue weighted by Gasteiger charge is -2.28. The van der Waals surface area contributed by atoms with Gasteiger partial charge in [-0.3, -0.25) is 4.90 Å². The quantitative estimate of drug-likeness (QED) is 0.821. The van der Waals surface area contributed by atoms with Gasteiger partial charge < -0.3 is 14.0 Å². The highest BCUT2D eigenvalue weighted by Gasteiger charge is 2.48. The maximum Gasteiger partial charge on any atom is 0.272 e. The van der Waals surface area contributed by atoms with Crippen molar-refractivity contribution in [1.29, 1.82) is 0 Å². The van der Waals surface area contributed by atoms with Crippen LogP contribution in [-0.4, -0.2) is 46.8 Å². The van der Waals surface area contributed by atoms with E-state index in [1.54, 1.807) is 13.2 Å². The summed E-state index contributed by atoms with van der Waals surface area (Å²) in [5.74, 6) is 0.993. The molecule has 4 rings (SSSR count). The molecule has 2 atom stereocenters. The first-order valence-electron chi connectivity index (χ1n) is 8.47. The number of pyridine rings is 1. The molecule has 26 heavy (non-hydrogen) atoms. The lowest BCUT2D eigenvalue weighted by Crippen LogP contribution is -2.54. The molecule has 1 aromatic heterocycles. The minimum Gasteiger partial charge on any atom is -0.593 e. The van der Waals surface area contributed by atoms with Crippen LogP contribution >= 0.6 is 0 Å². The van der Waals surface area contributed by atoms with E-state index in [2.05, 4.69) is 14.6 Å². The summed E-state index contributed by atoms with van der Waals surface area (Å²) in [5, 5.41) is 0. The summed E-state index contributed by atoms with van der Waals surface area (Å²) in [6, 6.07) is 11.0. The molecular formula is C18H21N3O4S. The predicted molar refractivity (Wildman–Crippen MR) is 95.6 cm³/mol. The molecule has 1 aromatic carbocycles. The van der Waals surface area contributed by atoms with Crippen LogP contribution in [0.25, 0.3) is 0 Å². The Kier molecular flexibility index (Phi) is 4.44. The summed E-state index contributed by atoms with van der Waals surface area (Å²) >= 11 is 0. The first kappa shape index (κ1) is 17.4. The van der Waals surface area contributed by atoms with Crippen molar-refractivity contribution >= 4 is 10.4 Å². The number of methoxy groups -OCH3 is 1. The Balaban J connectivity index is 1.49. The Hall–Kier alpha value is -2.00. The van der Waals surface area contributed by atoms with Gasteiger partial charge in [0, 0.05) is 31.9 Å². The van der Waals surface area contributed by atoms with Crippen LogP contribution in [-0.2, 0) is 21.2 Å². The van der Waals surface area contributed by atoms with E-state index in [1.165, 1.54) is 12.3 Å². The van der Waals surface area contributed by atoms with Crippen molar-refractivity contribution in [2.24, 2.45) is 0 Å². The normalized spacial score (nSPS) is 28.4. The van der Waals surface area contributed by atoms with Crippen LogP contribution in [0.15, 0.2) is 47.5 Å². The molecule has 7 nitrogen and oxygen atoms in total. The number of rotatable bonds is 3. The summed E-state index contributed by atoms with van der Waals surface area (Å²) in [6.07, 6.45) is 2.23. The van der Waals surface area contributed by atoms with Crippen molar-refractivity contribution in [1.82, 2.24) is 14.6 Å². The van der Waals surface area contributed by atoms with Crippen LogP contribution in [0.3, 0.4) is 0 Å². The molecule has 1 spiro atoms. The molecule has 3 heterocycles. The van der Waals surface area contributed by atoms with Gasteiger partial charge in [-0.25, -0.2) is 4.98 Å². The minimum absolute atomic E-state index is 0.102. The number of nitrogens with zero attached hydrogens (tertiary/aromatic N) is 2. The fraction of sp³-hybridized carbons (Fsp3) is 0.389. The molecule has 0 saturated carbocycles. The molecule has 1 fully saturated rings. The Morgan fingerprint density at radius 1 is 1.38 bits per heavy atom. The summed E-state index contributed by atoms with van der Waals surface area (Å²) in [4.78, 5) is 6.40. The first-order chi connectivity index (χ1) is 12.5. The fourth-order valence-corrected chi connectivity index (χ4v) is 5.05. The third-order valence-electron chi connectivity index (χ3n) is 4.86. The van der Waals surface area contributed by atoms with Crippen molar-refractivity contribution < 1.29 is 18.2 Å². The first-order valence-corrected chi connectivity index (χ1v) is 9.95. The Bertz CT molecular complexity index is 845. The fourth-order valence-electron chi connectivity index (χ4n) is 3.55. The van der Waals surface area contributed by atoms with Gasteiger partial charge in [-0.05, 0) is 30.2 Å². The van der Waals surface area contributed by atoms with Crippen LogP contribution in [0, 0.1) is 0 Å². The number of sulfonamides is 1. The van der Waals surface area contributed by atoms with Crippen LogP contribution in [0.5, 0.6) is 11.6 Å². The van der Waals surface area contributed by atoms with Gasteiger partial charge in [-0.15, -0.1) is 4.72 Å². The van der Waals surface area contributed by atoms with Gasteiger partial charge in [0.15, 0.2) is 10.4 Å². The van der Waals surface area contributed by atoms with Crippen molar-refractivity contribution in [2.45, 2.75) is 23.4 Å². The van der Waals surface area contributed by atoms with Gasteiger partial charge in [-0.2, -0.15) is 0 Å². The van der Waals surface area contributed by atoms with E-state index in [0.717, 1.165) is 24.4 Å². The summed E-state index contributed by atoms with van der Waals surface area (Å²) in [7, 11) is -2.01. The van der Waals surface area contributed by atoms with Gasteiger partial charge >= 0.3 is 0 Å². The van der Waals surface area contributed by atoms with E-state index in [9.17, 15) is 8.76 Å². The number of hydrogen-bond acceptors (Lipinski definition) is 6. The zero-order valence-electron chi connectivity index (χ0n) is 14.5. The molecule has 138 valence electrons. The molecule has 2 aliphatic rings. The van der Waals surface area contributed by atoms with E-state index in [4.69, 9.17) is 9.47 Å². The highest BCUT2D eigenvalue weighted by Crippen LogP contribution is 2.34. The second-order valence-electron chi connectivity index (χ2n) is 6.79. The van der Waals surface area contributed by atoms with Crippen LogP contribution in [0.4, 0.5) is 0 Å². The molecule has 1 saturated heterocycles. The highest BCUT2D eigenvalue weighted by atomic mass is 32.3. The number of hydrogen-bond donors (Lipinski definition) is 1. The Labute approximate surface area is 153 Å². The molecule has 2 aliphatic heterocycles. The molecule has 8 heteroatoms. The van der Waals surface area contributed by atoms with E-state index in [-0.39, 0.29) is 17.4 Å². The topological polar surface area (TPSA) is 86.8 Å². The molecule has 2 aromatic rings. The Morgan fingerprint density at radius 3 is 2.96 bits per heavy atom. The lowest BCUT2D eigenvalue weighted by molar-refractivity contribution is 0.192. The monoisotopic (exact) mass is 375 g/mol. The van der Waals surface area contributed by atoms with Gasteiger partial charge in [0.2, 0.25) is 4.90 Å². The third-order valence-corrected chi connectivity index (χ3v) is 6.45. The number of fused-ring (bicyclic) bond motifs is 1. The zero-order chi connectivity index (χ0) is 18.2. The minimum atomic E-state index is -3.66. The summed E-state index contributed by atoms with van der Waals surface area (Å²) in [6.45, 7) is 2.40. The SMILES string of the molecule is COc1ccc(CN2CCC3(COc4ncccc4[S+](=O)([O-])N3)C2)cc1. The highest BCUT2D eigenvalue weighted by molar-refractivity contribution is 7.96. The average Bonchev–Trinajstić information content (AvgIpc) is 2.98. The average molecular weight is 375 g/mol. The van der Waals surface area contributed by atoms with Gasteiger partial charge in [0.25, 0.3) is 5.88 Å². The molecule has 0 radical (unpaired) electrons. The predicted octanol–water partition coefficient (Wildman–Crippen LogP) is 1.62. The maximum absolute atomic E-state index is 12.7. The molecule has 2 unspecified atom stereocenters. The third kappa shape index (κ3) is 3.33. The number of ether oxygens (including phenoxy) is 2. The zero-order valence-corrected chi connectivity index (χ0v) is 15.3. The van der Waals surface area contributed by atoms with E-state index < -0.39 is 15.9 Å². The standard InChI is InChI=1S/C18H21N3O4S/c1-24-15-6-4-14(5-7-15)11-21-10-8-18(12-21)13-25-17-16(3-2-9-19-17)26(22,23)20-18/h2-7,9H,8,10-13H2,1H3,(H-,20,22,23). The van der Waals surface area contributed by atoms with Gasteiger partial charge in [0.05, 0.1) is 7.11 Å². The summed E-state index contributed by atoms with van der Waals surface area (Å²) < 4.78 is 39.3. The van der Waals surface area contributed by atoms with Crippen molar-refractivity contribution in [3.63, 3.8) is 0 Å². The largest absolute Gasteiger partial charge is 0.593 e. The lowest BCUT2D eigenvalue weighted by atomic mass is 10.0. The van der Waals surface area contributed by atoms with Gasteiger partial charge in [0.1, 0.15) is 17.9 Å². The maximum atomic E-state index is 12.7. The van der Waals surface area contributed by atoms with Crippen LogP contribution in [0.2, 0.25) is 0 Å². The van der Waals surface area contributed by atoms with Crippen molar-refractivity contribution in [3.8, 4) is 11.6 Å². The number of likely N-dealkylation sites (tertiary alicyclic amines) is 1. The van der Waals surface area contributed by atoms with Crippen molar-refractivity contribution in [2.75, 3.05) is 26.8 Å². The summed E-state index contributed by atoms with van der Waals surface area (Å²) in [5.41, 5.74) is 0.525. The van der Waals surface area contributed by atoms with E-state index in [1.807, 2.05) is 24.3 Å². The second-order valence-corrected chi connectivity index (χ2v) is 8.44. The molecule has 0 bridgehead atoms. The second kappa shape index (κ2) is 6.62. The van der Waals surface area contributed by atoms with Gasteiger partial charge in [-0.1, -0.05) is 16.3 Å². The molecule has 1 N–H and O–H groups in total. The smallest absolute Gasteiger partial charge is 0.272 e. The van der Waals surface area contributed by atoms with E-state index >= 15 is 0 Å². The molecule has 0 amide bonds. The van der Waals surface area contributed by atoms with Crippen LogP contribution in [0.1, 0.15) is 12.0 Å². The number of aromatic nitrogens is 1. The Morgan fingerprint density at radius 2 is 2.19 bits per heavy atom. The number of nitrogens with one attached hydrogen (secondary N) is 1. The number of benzene rings is 1. The van der Waals surface area contributed by atoms with Crippen LogP contribution < -0.4 is 14.2 Å².